The standard InChI is InChI=1S/C11H14BrN3O3S/c12-8-9(6-1-2-6)14-15-10(8)11(16)13-7-3-4-19(17,18)5-7/h6-7H,1-5H2,(H,13,16)(H,14,15). The molecule has 0 aromatic carbocycles. The van der Waals surface area contributed by atoms with Crippen LogP contribution in [0.1, 0.15) is 41.4 Å². The van der Waals surface area contributed by atoms with Crippen molar-refractivity contribution in [3.05, 3.63) is 15.9 Å². The molecule has 2 fully saturated rings. The maximum Gasteiger partial charge on any atom is 0.273 e. The summed E-state index contributed by atoms with van der Waals surface area (Å²) in [7, 11) is -2.99. The van der Waals surface area contributed by atoms with Crippen LogP contribution in [0.5, 0.6) is 0 Å². The van der Waals surface area contributed by atoms with Gasteiger partial charge in [0.05, 0.1) is 21.7 Å². The number of nitrogens with zero attached hydrogens (tertiary/aromatic N) is 1. The van der Waals surface area contributed by atoms with E-state index in [2.05, 4.69) is 31.4 Å². The van der Waals surface area contributed by atoms with Crippen molar-refractivity contribution in [1.82, 2.24) is 15.5 Å². The van der Waals surface area contributed by atoms with E-state index in [1.54, 1.807) is 0 Å². The fourth-order valence-corrected chi connectivity index (χ4v) is 4.65. The maximum absolute atomic E-state index is 12.1. The van der Waals surface area contributed by atoms with E-state index in [-0.39, 0.29) is 23.5 Å². The van der Waals surface area contributed by atoms with Crippen molar-refractivity contribution in [2.45, 2.75) is 31.2 Å². The molecular formula is C11H14BrN3O3S. The second-order valence-corrected chi connectivity index (χ2v) is 8.17. The first-order valence-electron chi connectivity index (χ1n) is 6.21. The molecule has 2 N–H and O–H groups in total. The van der Waals surface area contributed by atoms with Crippen LogP contribution in [0, 0.1) is 0 Å². The molecule has 2 heterocycles. The van der Waals surface area contributed by atoms with Crippen molar-refractivity contribution >= 4 is 31.7 Å². The summed E-state index contributed by atoms with van der Waals surface area (Å²) in [6.45, 7) is 0. The van der Waals surface area contributed by atoms with E-state index in [1.807, 2.05) is 0 Å². The quantitative estimate of drug-likeness (QED) is 0.851. The maximum atomic E-state index is 12.1. The highest BCUT2D eigenvalue weighted by Gasteiger charge is 2.33. The fourth-order valence-electron chi connectivity index (χ4n) is 2.30. The minimum atomic E-state index is -2.99. The van der Waals surface area contributed by atoms with Gasteiger partial charge in [-0.3, -0.25) is 9.89 Å². The molecule has 1 aliphatic carbocycles. The number of nitrogens with one attached hydrogen (secondary N) is 2. The summed E-state index contributed by atoms with van der Waals surface area (Å²) in [5.41, 5.74) is 1.27. The van der Waals surface area contributed by atoms with E-state index >= 15 is 0 Å². The molecule has 2 aliphatic rings. The van der Waals surface area contributed by atoms with Crippen LogP contribution in [0.15, 0.2) is 4.47 Å². The lowest BCUT2D eigenvalue weighted by Crippen LogP contribution is -2.36. The highest BCUT2D eigenvalue weighted by molar-refractivity contribution is 9.10. The number of H-pyrrole nitrogens is 1. The number of aromatic nitrogens is 2. The summed E-state index contributed by atoms with van der Waals surface area (Å²) >= 11 is 3.39. The molecule has 1 saturated heterocycles. The van der Waals surface area contributed by atoms with Gasteiger partial charge >= 0.3 is 0 Å². The Labute approximate surface area is 119 Å². The van der Waals surface area contributed by atoms with Crippen molar-refractivity contribution in [2.24, 2.45) is 0 Å². The van der Waals surface area contributed by atoms with Crippen LogP contribution < -0.4 is 5.32 Å². The van der Waals surface area contributed by atoms with Gasteiger partial charge in [-0.25, -0.2) is 8.42 Å². The van der Waals surface area contributed by atoms with Crippen molar-refractivity contribution in [3.63, 3.8) is 0 Å². The Morgan fingerprint density at radius 1 is 1.37 bits per heavy atom. The largest absolute Gasteiger partial charge is 0.347 e. The third-order valence-corrected chi connectivity index (χ3v) is 6.07. The Kier molecular flexibility index (Phi) is 3.17. The van der Waals surface area contributed by atoms with Gasteiger partial charge in [0.2, 0.25) is 0 Å². The van der Waals surface area contributed by atoms with Gasteiger partial charge in [-0.15, -0.1) is 0 Å². The average Bonchev–Trinajstić information content (AvgIpc) is 3.01. The Morgan fingerprint density at radius 3 is 2.68 bits per heavy atom. The second-order valence-electron chi connectivity index (χ2n) is 5.15. The van der Waals surface area contributed by atoms with Crippen LogP contribution in [0.3, 0.4) is 0 Å². The van der Waals surface area contributed by atoms with E-state index in [9.17, 15) is 13.2 Å². The number of aromatic amines is 1. The number of carbonyl (C=O) groups excluding carboxylic acids is 1. The lowest BCUT2D eigenvalue weighted by Gasteiger charge is -2.09. The van der Waals surface area contributed by atoms with E-state index in [0.29, 0.717) is 22.5 Å². The van der Waals surface area contributed by atoms with Gasteiger partial charge in [0, 0.05) is 12.0 Å². The number of halogens is 1. The molecule has 19 heavy (non-hydrogen) atoms. The van der Waals surface area contributed by atoms with Gasteiger partial charge in [0.15, 0.2) is 15.5 Å². The Morgan fingerprint density at radius 2 is 2.11 bits per heavy atom. The first-order chi connectivity index (χ1) is 8.96. The summed E-state index contributed by atoms with van der Waals surface area (Å²) < 4.78 is 23.4. The zero-order valence-corrected chi connectivity index (χ0v) is 12.6. The Hall–Kier alpha value is -0.890. The second kappa shape index (κ2) is 4.59. The van der Waals surface area contributed by atoms with E-state index in [0.717, 1.165) is 18.5 Å². The van der Waals surface area contributed by atoms with Crippen molar-refractivity contribution in [2.75, 3.05) is 11.5 Å². The predicted molar refractivity (Wildman–Crippen MR) is 72.8 cm³/mol. The monoisotopic (exact) mass is 347 g/mol. The van der Waals surface area contributed by atoms with Gasteiger partial charge in [-0.05, 0) is 35.2 Å². The normalized spacial score (nSPS) is 25.4. The van der Waals surface area contributed by atoms with Crippen LogP contribution in [0.2, 0.25) is 0 Å². The number of hydrogen-bond donors (Lipinski definition) is 2. The molecule has 1 unspecified atom stereocenters. The third-order valence-electron chi connectivity index (χ3n) is 3.50. The van der Waals surface area contributed by atoms with E-state index in [4.69, 9.17) is 0 Å². The summed E-state index contributed by atoms with van der Waals surface area (Å²) in [6, 6.07) is -0.300. The summed E-state index contributed by atoms with van der Waals surface area (Å²) in [4.78, 5) is 12.1. The molecule has 1 aromatic rings. The zero-order valence-electron chi connectivity index (χ0n) is 10.1. The zero-order chi connectivity index (χ0) is 13.6. The first-order valence-corrected chi connectivity index (χ1v) is 8.83. The smallest absolute Gasteiger partial charge is 0.273 e. The van der Waals surface area contributed by atoms with Crippen LogP contribution >= 0.6 is 15.9 Å². The molecule has 104 valence electrons. The number of amides is 1. The lowest BCUT2D eigenvalue weighted by molar-refractivity contribution is 0.0935. The molecule has 0 spiro atoms. The minimum Gasteiger partial charge on any atom is -0.347 e. The highest BCUT2D eigenvalue weighted by Crippen LogP contribution is 2.42. The summed E-state index contributed by atoms with van der Waals surface area (Å²) in [5, 5.41) is 9.64. The molecule has 1 aliphatic heterocycles. The van der Waals surface area contributed by atoms with Gasteiger partial charge in [-0.1, -0.05) is 0 Å². The van der Waals surface area contributed by atoms with Gasteiger partial charge in [0.25, 0.3) is 5.91 Å². The molecule has 1 amide bonds. The topological polar surface area (TPSA) is 91.9 Å². The minimum absolute atomic E-state index is 0.0241. The lowest BCUT2D eigenvalue weighted by atomic mass is 10.2. The van der Waals surface area contributed by atoms with E-state index in [1.165, 1.54) is 0 Å². The molecule has 3 rings (SSSR count). The molecule has 1 aromatic heterocycles. The summed E-state index contributed by atoms with van der Waals surface area (Å²) in [6.07, 6.45) is 2.71. The molecule has 0 radical (unpaired) electrons. The number of rotatable bonds is 3. The van der Waals surface area contributed by atoms with Crippen LogP contribution in [-0.4, -0.2) is 42.1 Å². The molecule has 6 nitrogen and oxygen atoms in total. The van der Waals surface area contributed by atoms with Gasteiger partial charge in [0.1, 0.15) is 0 Å². The fraction of sp³-hybridized carbons (Fsp3) is 0.636. The molecule has 8 heteroatoms. The van der Waals surface area contributed by atoms with Gasteiger partial charge in [-0.2, -0.15) is 5.10 Å². The number of hydrogen-bond acceptors (Lipinski definition) is 4. The van der Waals surface area contributed by atoms with Crippen LogP contribution in [-0.2, 0) is 9.84 Å². The first kappa shape index (κ1) is 13.1. The SMILES string of the molecule is O=C(NC1CCS(=O)(=O)C1)c1n[nH]c(C2CC2)c1Br. The highest BCUT2D eigenvalue weighted by atomic mass is 79.9. The van der Waals surface area contributed by atoms with Crippen LogP contribution in [0.25, 0.3) is 0 Å². The van der Waals surface area contributed by atoms with Crippen molar-refractivity contribution < 1.29 is 13.2 Å². The number of sulfone groups is 1. The van der Waals surface area contributed by atoms with Crippen molar-refractivity contribution in [1.29, 1.82) is 0 Å². The Balaban J connectivity index is 1.70. The van der Waals surface area contributed by atoms with Gasteiger partial charge < -0.3 is 5.32 Å². The molecule has 1 atom stereocenters. The third kappa shape index (κ3) is 2.69. The predicted octanol–water partition coefficient (Wildman–Crippen LogP) is 0.966. The van der Waals surface area contributed by atoms with E-state index < -0.39 is 9.84 Å². The van der Waals surface area contributed by atoms with Crippen molar-refractivity contribution in [3.8, 4) is 0 Å². The van der Waals surface area contributed by atoms with Crippen LogP contribution in [0.4, 0.5) is 0 Å². The molecular weight excluding hydrogens is 334 g/mol. The Bertz CT molecular complexity index is 621. The number of carbonyl (C=O) groups is 1. The summed E-state index contributed by atoms with van der Waals surface area (Å²) in [5.74, 6) is 0.316. The molecule has 1 saturated carbocycles. The average molecular weight is 348 g/mol. The molecule has 0 bridgehead atoms.